The molecule has 0 saturated heterocycles. The van der Waals surface area contributed by atoms with Gasteiger partial charge in [0.15, 0.2) is 0 Å². The molecule has 0 amide bonds. The third kappa shape index (κ3) is 1.51. The zero-order valence-electron chi connectivity index (χ0n) is 6.90. The Kier molecular flexibility index (Phi) is 1.95. The van der Waals surface area contributed by atoms with Gasteiger partial charge in [0, 0.05) is 5.92 Å². The normalized spacial score (nSPS) is 25.0. The van der Waals surface area contributed by atoms with Crippen molar-refractivity contribution in [3.63, 3.8) is 0 Å². The highest BCUT2D eigenvalue weighted by atomic mass is 19.1. The molecule has 2 nitrogen and oxygen atoms in total. The van der Waals surface area contributed by atoms with Crippen LogP contribution in [0.4, 0.5) is 4.39 Å². The Morgan fingerprint density at radius 2 is 2.23 bits per heavy atom. The first-order valence-corrected chi connectivity index (χ1v) is 4.14. The van der Waals surface area contributed by atoms with Gasteiger partial charge in [-0.1, -0.05) is 18.2 Å². The van der Waals surface area contributed by atoms with Crippen LogP contribution in [0.1, 0.15) is 17.9 Å². The predicted octanol–water partition coefficient (Wildman–Crippen LogP) is 2.02. The van der Waals surface area contributed by atoms with Crippen molar-refractivity contribution in [2.45, 2.75) is 18.4 Å². The Hall–Kier alpha value is -1.47. The SMILES string of the molecule is O=C=NC1CC1c1ccccc1F. The van der Waals surface area contributed by atoms with Gasteiger partial charge >= 0.3 is 0 Å². The quantitative estimate of drug-likeness (QED) is 0.502. The van der Waals surface area contributed by atoms with Crippen LogP contribution in [0.2, 0.25) is 0 Å². The van der Waals surface area contributed by atoms with Crippen molar-refractivity contribution in [1.29, 1.82) is 0 Å². The smallest absolute Gasteiger partial charge is 0.211 e. The summed E-state index contributed by atoms with van der Waals surface area (Å²) < 4.78 is 13.2. The maximum Gasteiger partial charge on any atom is 0.235 e. The van der Waals surface area contributed by atoms with Crippen molar-refractivity contribution in [2.24, 2.45) is 4.99 Å². The summed E-state index contributed by atoms with van der Waals surface area (Å²) in [5.74, 6) is -0.126. The van der Waals surface area contributed by atoms with E-state index in [0.717, 1.165) is 6.42 Å². The standard InChI is InChI=1S/C10H8FNO/c11-9-4-2-1-3-7(9)8-5-10(8)12-6-13/h1-4,8,10H,5H2. The Bertz CT molecular complexity index is 371. The van der Waals surface area contributed by atoms with Gasteiger partial charge in [0.25, 0.3) is 0 Å². The Morgan fingerprint density at radius 3 is 2.92 bits per heavy atom. The van der Waals surface area contributed by atoms with Gasteiger partial charge in [-0.15, -0.1) is 0 Å². The molecule has 1 aromatic rings. The highest BCUT2D eigenvalue weighted by Gasteiger charge is 2.39. The maximum absolute atomic E-state index is 13.2. The molecule has 1 aliphatic rings. The van der Waals surface area contributed by atoms with Crippen LogP contribution in [0.15, 0.2) is 29.3 Å². The number of rotatable bonds is 2. The molecule has 3 heteroatoms. The van der Waals surface area contributed by atoms with Crippen LogP contribution in [-0.4, -0.2) is 12.1 Å². The molecule has 66 valence electrons. The summed E-state index contributed by atoms with van der Waals surface area (Å²) >= 11 is 0. The number of aliphatic imine (C=N–C) groups is 1. The van der Waals surface area contributed by atoms with Gasteiger partial charge in [-0.2, -0.15) is 0 Å². The largest absolute Gasteiger partial charge is 0.235 e. The molecule has 0 aliphatic heterocycles. The number of isocyanates is 1. The summed E-state index contributed by atoms with van der Waals surface area (Å²) in [7, 11) is 0. The van der Waals surface area contributed by atoms with E-state index in [1.807, 2.05) is 0 Å². The third-order valence-electron chi connectivity index (χ3n) is 2.28. The second kappa shape index (κ2) is 3.11. The highest BCUT2D eigenvalue weighted by Crippen LogP contribution is 2.43. The second-order valence-corrected chi connectivity index (χ2v) is 3.15. The summed E-state index contributed by atoms with van der Waals surface area (Å²) in [5.41, 5.74) is 0.659. The Morgan fingerprint density at radius 1 is 1.46 bits per heavy atom. The van der Waals surface area contributed by atoms with E-state index in [1.54, 1.807) is 18.2 Å². The van der Waals surface area contributed by atoms with E-state index in [4.69, 9.17) is 0 Å². The second-order valence-electron chi connectivity index (χ2n) is 3.15. The molecule has 1 aliphatic carbocycles. The fraction of sp³-hybridized carbons (Fsp3) is 0.300. The monoisotopic (exact) mass is 177 g/mol. The predicted molar refractivity (Wildman–Crippen MR) is 45.7 cm³/mol. The van der Waals surface area contributed by atoms with Crippen LogP contribution in [0, 0.1) is 5.82 Å². The van der Waals surface area contributed by atoms with E-state index < -0.39 is 0 Å². The minimum atomic E-state index is -0.212. The molecule has 1 aromatic carbocycles. The van der Waals surface area contributed by atoms with E-state index in [9.17, 15) is 9.18 Å². The minimum absolute atomic E-state index is 0.0469. The summed E-state index contributed by atoms with van der Waals surface area (Å²) in [6, 6.07) is 6.56. The van der Waals surface area contributed by atoms with Crippen LogP contribution >= 0.6 is 0 Å². The van der Waals surface area contributed by atoms with Crippen molar-refractivity contribution in [2.75, 3.05) is 0 Å². The third-order valence-corrected chi connectivity index (χ3v) is 2.28. The van der Waals surface area contributed by atoms with Crippen molar-refractivity contribution in [3.05, 3.63) is 35.6 Å². The molecule has 0 heterocycles. The van der Waals surface area contributed by atoms with Crippen LogP contribution in [0.25, 0.3) is 0 Å². The molecule has 2 unspecified atom stereocenters. The van der Waals surface area contributed by atoms with E-state index in [-0.39, 0.29) is 17.8 Å². The first-order valence-electron chi connectivity index (χ1n) is 4.14. The summed E-state index contributed by atoms with van der Waals surface area (Å²) in [5, 5.41) is 0. The summed E-state index contributed by atoms with van der Waals surface area (Å²) in [6.45, 7) is 0. The van der Waals surface area contributed by atoms with Gasteiger partial charge < -0.3 is 0 Å². The lowest BCUT2D eigenvalue weighted by Crippen LogP contribution is -1.89. The van der Waals surface area contributed by atoms with Crippen molar-refractivity contribution < 1.29 is 9.18 Å². The molecule has 0 radical (unpaired) electrons. The topological polar surface area (TPSA) is 29.4 Å². The van der Waals surface area contributed by atoms with Gasteiger partial charge in [0.05, 0.1) is 6.04 Å². The lowest BCUT2D eigenvalue weighted by Gasteiger charge is -1.98. The molecule has 2 rings (SSSR count). The van der Waals surface area contributed by atoms with Gasteiger partial charge in [0.1, 0.15) is 5.82 Å². The molecule has 13 heavy (non-hydrogen) atoms. The van der Waals surface area contributed by atoms with E-state index >= 15 is 0 Å². The average Bonchev–Trinajstić information content (AvgIpc) is 2.86. The van der Waals surface area contributed by atoms with E-state index in [0.29, 0.717) is 5.56 Å². The number of nitrogens with zero attached hydrogens (tertiary/aromatic N) is 1. The van der Waals surface area contributed by atoms with Crippen LogP contribution in [-0.2, 0) is 4.79 Å². The van der Waals surface area contributed by atoms with E-state index in [1.165, 1.54) is 12.1 Å². The number of benzene rings is 1. The lowest BCUT2D eigenvalue weighted by atomic mass is 10.1. The summed E-state index contributed by atoms with van der Waals surface area (Å²) in [6.07, 6.45) is 2.26. The number of carbonyl (C=O) groups excluding carboxylic acids is 1. The van der Waals surface area contributed by atoms with E-state index in [2.05, 4.69) is 4.99 Å². The van der Waals surface area contributed by atoms with Gasteiger partial charge in [-0.3, -0.25) is 0 Å². The molecule has 0 bridgehead atoms. The fourth-order valence-electron chi connectivity index (χ4n) is 1.50. The number of hydrogen-bond acceptors (Lipinski definition) is 2. The van der Waals surface area contributed by atoms with Gasteiger partial charge in [0.2, 0.25) is 6.08 Å². The average molecular weight is 177 g/mol. The van der Waals surface area contributed by atoms with Crippen LogP contribution in [0.5, 0.6) is 0 Å². The van der Waals surface area contributed by atoms with Crippen molar-refractivity contribution >= 4 is 6.08 Å². The van der Waals surface area contributed by atoms with Crippen LogP contribution < -0.4 is 0 Å². The Balaban J connectivity index is 2.20. The fourth-order valence-corrected chi connectivity index (χ4v) is 1.50. The molecule has 0 spiro atoms. The van der Waals surface area contributed by atoms with Crippen molar-refractivity contribution in [3.8, 4) is 0 Å². The molecule has 1 fully saturated rings. The summed E-state index contributed by atoms with van der Waals surface area (Å²) in [4.78, 5) is 13.5. The molecule has 2 atom stereocenters. The van der Waals surface area contributed by atoms with Gasteiger partial charge in [-0.25, -0.2) is 14.2 Å². The number of hydrogen-bond donors (Lipinski definition) is 0. The minimum Gasteiger partial charge on any atom is -0.211 e. The highest BCUT2D eigenvalue weighted by molar-refractivity contribution is 5.38. The van der Waals surface area contributed by atoms with Gasteiger partial charge in [-0.05, 0) is 18.1 Å². The number of halogens is 1. The molecule has 0 N–H and O–H groups in total. The first-order chi connectivity index (χ1) is 6.33. The molecule has 1 saturated carbocycles. The Labute approximate surface area is 75.1 Å². The zero-order valence-corrected chi connectivity index (χ0v) is 6.90. The van der Waals surface area contributed by atoms with Crippen LogP contribution in [0.3, 0.4) is 0 Å². The molecular formula is C10H8FNO. The first kappa shape index (κ1) is 8.14. The maximum atomic E-state index is 13.2. The zero-order chi connectivity index (χ0) is 9.26. The molecular weight excluding hydrogens is 169 g/mol. The molecule has 0 aromatic heterocycles. The lowest BCUT2D eigenvalue weighted by molar-refractivity contribution is 0.562. The van der Waals surface area contributed by atoms with Crippen molar-refractivity contribution in [1.82, 2.24) is 0 Å².